The number of hydrogen-bond donors (Lipinski definition) is 3. The van der Waals surface area contributed by atoms with Gasteiger partial charge in [0, 0.05) is 28.1 Å². The number of carbonyl (C=O) groups excluding carboxylic acids is 2. The summed E-state index contributed by atoms with van der Waals surface area (Å²) in [6.45, 7) is 4.46. The van der Waals surface area contributed by atoms with Crippen LogP contribution in [0.25, 0.3) is 0 Å². The van der Waals surface area contributed by atoms with E-state index < -0.39 is 12.0 Å². The van der Waals surface area contributed by atoms with Crippen molar-refractivity contribution in [3.05, 3.63) is 69.8 Å². The van der Waals surface area contributed by atoms with E-state index in [2.05, 4.69) is 31.9 Å². The molecule has 0 fully saturated rings. The van der Waals surface area contributed by atoms with Crippen molar-refractivity contribution in [1.29, 1.82) is 0 Å². The lowest BCUT2D eigenvalue weighted by atomic mass is 9.95. The lowest BCUT2D eigenvalue weighted by molar-refractivity contribution is -0.136. The third-order valence-electron chi connectivity index (χ3n) is 4.92. The Morgan fingerprint density at radius 2 is 1.65 bits per heavy atom. The average Bonchev–Trinajstić information content (AvgIpc) is 2.75. The number of hydrogen-bond acceptors (Lipinski definition) is 4. The number of ether oxygens (including phenoxy) is 1. The van der Waals surface area contributed by atoms with Gasteiger partial charge in [0.2, 0.25) is 0 Å². The molecule has 3 N–H and O–H groups in total. The van der Waals surface area contributed by atoms with Crippen LogP contribution in [-0.2, 0) is 9.53 Å². The number of esters is 1. The third-order valence-corrected chi connectivity index (χ3v) is 5.79. The normalized spacial score (nSPS) is 15.9. The highest BCUT2D eigenvalue weighted by atomic mass is 79.9. The number of anilines is 2. The summed E-state index contributed by atoms with van der Waals surface area (Å²) in [6, 6.07) is 13.7. The Kier molecular flexibility index (Phi) is 7.29. The van der Waals surface area contributed by atoms with Crippen LogP contribution in [0.2, 0.25) is 0 Å². The first-order valence-electron chi connectivity index (χ1n) is 9.64. The Balaban J connectivity index is 1.77. The molecule has 9 heteroatoms. The Morgan fingerprint density at radius 3 is 2.16 bits per heavy atom. The lowest BCUT2D eigenvalue weighted by Crippen LogP contribution is -2.47. The van der Waals surface area contributed by atoms with Crippen LogP contribution >= 0.6 is 28.1 Å². The van der Waals surface area contributed by atoms with Crippen LogP contribution < -0.4 is 16.0 Å². The second-order valence-corrected chi connectivity index (χ2v) is 8.13. The number of nitrogens with one attached hydrogen (secondary N) is 3. The summed E-state index contributed by atoms with van der Waals surface area (Å²) in [5.41, 5.74) is 3.40. The number of urea groups is 1. The summed E-state index contributed by atoms with van der Waals surface area (Å²) >= 11 is 8.83. The molecule has 31 heavy (non-hydrogen) atoms. The minimum atomic E-state index is -0.437. The maximum atomic E-state index is 12.5. The van der Waals surface area contributed by atoms with Gasteiger partial charge in [-0.1, -0.05) is 28.1 Å². The molecule has 3 rings (SSSR count). The van der Waals surface area contributed by atoms with Gasteiger partial charge in [0.25, 0.3) is 0 Å². The molecule has 0 radical (unpaired) electrons. The van der Waals surface area contributed by atoms with Crippen LogP contribution in [-0.4, -0.2) is 35.7 Å². The van der Waals surface area contributed by atoms with Crippen LogP contribution in [0.5, 0.6) is 0 Å². The van der Waals surface area contributed by atoms with Crippen LogP contribution in [0.1, 0.15) is 25.5 Å². The van der Waals surface area contributed by atoms with Gasteiger partial charge >= 0.3 is 12.0 Å². The Bertz CT molecular complexity index is 1020. The maximum Gasteiger partial charge on any atom is 0.337 e. The highest BCUT2D eigenvalue weighted by molar-refractivity contribution is 9.10. The summed E-state index contributed by atoms with van der Waals surface area (Å²) in [4.78, 5) is 26.6. The Morgan fingerprint density at radius 1 is 1.10 bits per heavy atom. The molecule has 162 valence electrons. The minimum Gasteiger partial charge on any atom is -0.466 e. The summed E-state index contributed by atoms with van der Waals surface area (Å²) in [7, 11) is 1.36. The zero-order valence-corrected chi connectivity index (χ0v) is 19.8. The van der Waals surface area contributed by atoms with Gasteiger partial charge in [-0.05, 0) is 68.0 Å². The number of halogens is 1. The molecule has 0 saturated carbocycles. The molecule has 1 heterocycles. The maximum absolute atomic E-state index is 12.5. The summed E-state index contributed by atoms with van der Waals surface area (Å²) in [5, 5.41) is 9.34. The fourth-order valence-corrected chi connectivity index (χ4v) is 4.02. The molecule has 0 bridgehead atoms. The Labute approximate surface area is 195 Å². The number of carbonyl (C=O) groups is 2. The summed E-state index contributed by atoms with van der Waals surface area (Å²) < 4.78 is 5.94. The molecular formula is C22H23BrN4O3S. The van der Waals surface area contributed by atoms with Crippen molar-refractivity contribution in [1.82, 2.24) is 10.2 Å². The smallest absolute Gasteiger partial charge is 0.337 e. The quantitative estimate of drug-likeness (QED) is 0.402. The highest BCUT2D eigenvalue weighted by Crippen LogP contribution is 2.31. The predicted octanol–water partition coefficient (Wildman–Crippen LogP) is 4.79. The van der Waals surface area contributed by atoms with Crippen molar-refractivity contribution in [2.45, 2.75) is 19.9 Å². The fourth-order valence-electron chi connectivity index (χ4n) is 3.37. The van der Waals surface area contributed by atoms with Crippen molar-refractivity contribution in [3.63, 3.8) is 0 Å². The van der Waals surface area contributed by atoms with E-state index in [1.807, 2.05) is 43.0 Å². The molecule has 1 aliphatic heterocycles. The molecule has 1 unspecified atom stereocenters. The molecule has 0 aromatic heterocycles. The van der Waals surface area contributed by atoms with Gasteiger partial charge in [0.15, 0.2) is 5.11 Å². The number of allylic oxidation sites excluding steroid dienone is 1. The molecule has 0 saturated heterocycles. The third kappa shape index (κ3) is 5.23. The van der Waals surface area contributed by atoms with E-state index in [0.29, 0.717) is 28.6 Å². The van der Waals surface area contributed by atoms with E-state index in [1.165, 1.54) is 7.11 Å². The van der Waals surface area contributed by atoms with Crippen molar-refractivity contribution in [2.75, 3.05) is 24.3 Å². The largest absolute Gasteiger partial charge is 0.466 e. The minimum absolute atomic E-state index is 0.350. The number of amides is 2. The van der Waals surface area contributed by atoms with Gasteiger partial charge in [-0.25, -0.2) is 9.59 Å². The van der Waals surface area contributed by atoms with Gasteiger partial charge in [0.1, 0.15) is 0 Å². The number of thiocarbonyl (C=S) groups is 1. The first kappa shape index (κ1) is 22.8. The molecule has 0 spiro atoms. The number of rotatable bonds is 5. The number of benzene rings is 2. The SMILES string of the molecule is CCN1C(=S)NC(c2ccc(NC(=O)Nc3ccc(Br)cc3)cc2)C(C(=O)OC)=C1C. The van der Waals surface area contributed by atoms with E-state index in [4.69, 9.17) is 17.0 Å². The molecular weight excluding hydrogens is 480 g/mol. The number of methoxy groups -OCH3 is 1. The van der Waals surface area contributed by atoms with Gasteiger partial charge in [-0.3, -0.25) is 0 Å². The topological polar surface area (TPSA) is 82.7 Å². The van der Waals surface area contributed by atoms with Crippen molar-refractivity contribution >= 4 is 56.6 Å². The Hall–Kier alpha value is -2.91. The van der Waals surface area contributed by atoms with Crippen molar-refractivity contribution < 1.29 is 14.3 Å². The molecule has 0 aliphatic carbocycles. The molecule has 1 atom stereocenters. The zero-order valence-electron chi connectivity index (χ0n) is 17.4. The molecule has 2 amide bonds. The summed E-state index contributed by atoms with van der Waals surface area (Å²) in [6.07, 6.45) is 0. The van der Waals surface area contributed by atoms with E-state index in [0.717, 1.165) is 15.7 Å². The molecule has 2 aromatic rings. The van der Waals surface area contributed by atoms with E-state index in [-0.39, 0.29) is 6.03 Å². The molecule has 2 aromatic carbocycles. The average molecular weight is 503 g/mol. The second kappa shape index (κ2) is 9.93. The monoisotopic (exact) mass is 502 g/mol. The lowest BCUT2D eigenvalue weighted by Gasteiger charge is -2.36. The van der Waals surface area contributed by atoms with Crippen molar-refractivity contribution in [2.24, 2.45) is 0 Å². The summed E-state index contributed by atoms with van der Waals surface area (Å²) in [5.74, 6) is -0.410. The van der Waals surface area contributed by atoms with Crippen LogP contribution in [0.3, 0.4) is 0 Å². The highest BCUT2D eigenvalue weighted by Gasteiger charge is 2.33. The van der Waals surface area contributed by atoms with Crippen molar-refractivity contribution in [3.8, 4) is 0 Å². The van der Waals surface area contributed by atoms with Gasteiger partial charge < -0.3 is 25.6 Å². The number of nitrogens with zero attached hydrogens (tertiary/aromatic N) is 1. The van der Waals surface area contributed by atoms with Crippen LogP contribution in [0, 0.1) is 0 Å². The van der Waals surface area contributed by atoms with Crippen LogP contribution in [0.4, 0.5) is 16.2 Å². The first-order chi connectivity index (χ1) is 14.8. The molecule has 1 aliphatic rings. The molecule has 7 nitrogen and oxygen atoms in total. The van der Waals surface area contributed by atoms with Gasteiger partial charge in [0.05, 0.1) is 18.7 Å². The fraction of sp³-hybridized carbons (Fsp3) is 0.227. The van der Waals surface area contributed by atoms with E-state index in [1.54, 1.807) is 24.3 Å². The van der Waals surface area contributed by atoms with Gasteiger partial charge in [-0.2, -0.15) is 0 Å². The van der Waals surface area contributed by atoms with Crippen LogP contribution in [0.15, 0.2) is 64.3 Å². The zero-order chi connectivity index (χ0) is 22.5. The van der Waals surface area contributed by atoms with E-state index in [9.17, 15) is 9.59 Å². The predicted molar refractivity (Wildman–Crippen MR) is 129 cm³/mol. The second-order valence-electron chi connectivity index (χ2n) is 6.83. The first-order valence-corrected chi connectivity index (χ1v) is 10.8. The standard InChI is InChI=1S/C22H23BrN4O3S/c1-4-27-13(2)18(20(28)30-3)19(26-22(27)31)14-5-9-16(10-6-14)24-21(29)25-17-11-7-15(23)8-12-17/h5-12,19H,4H2,1-3H3,(H,26,31)(H2,24,25,29). The van der Waals surface area contributed by atoms with Gasteiger partial charge in [-0.15, -0.1) is 0 Å². The van der Waals surface area contributed by atoms with E-state index >= 15 is 0 Å².